The summed E-state index contributed by atoms with van der Waals surface area (Å²) in [7, 11) is 0. The molecule has 2 rings (SSSR count). The molecule has 1 saturated carbocycles. The van der Waals surface area contributed by atoms with Crippen molar-refractivity contribution in [2.24, 2.45) is 0 Å². The van der Waals surface area contributed by atoms with Gasteiger partial charge in [-0.15, -0.1) is 24.8 Å². The summed E-state index contributed by atoms with van der Waals surface area (Å²) in [4.78, 5) is 2.75. The smallest absolute Gasteiger partial charge is 0.00951 e. The van der Waals surface area contributed by atoms with E-state index in [1.54, 1.807) is 0 Å². The van der Waals surface area contributed by atoms with E-state index >= 15 is 0 Å². The number of halogens is 2. The van der Waals surface area contributed by atoms with E-state index < -0.39 is 0 Å². The zero-order chi connectivity index (χ0) is 11.9. The van der Waals surface area contributed by atoms with Gasteiger partial charge in [0.25, 0.3) is 0 Å². The molecule has 0 aromatic carbocycles. The molecule has 1 saturated heterocycles. The van der Waals surface area contributed by atoms with Gasteiger partial charge in [-0.05, 0) is 51.7 Å². The van der Waals surface area contributed by atoms with Crippen molar-refractivity contribution in [3.8, 4) is 0 Å². The van der Waals surface area contributed by atoms with Crippen molar-refractivity contribution in [1.29, 1.82) is 0 Å². The van der Waals surface area contributed by atoms with Crippen molar-refractivity contribution >= 4 is 24.8 Å². The van der Waals surface area contributed by atoms with E-state index in [2.05, 4.69) is 17.1 Å². The summed E-state index contributed by atoms with van der Waals surface area (Å²) in [6.07, 6.45) is 12.9. The van der Waals surface area contributed by atoms with Gasteiger partial charge >= 0.3 is 0 Å². The standard InChI is InChI=1S/C15H30N2.2ClH/c1-2-17(15-9-4-3-5-10-15)13-11-14-8-6-7-12-16-14;;/h14-16H,2-13H2,1H3;2*1H. The molecule has 1 unspecified atom stereocenters. The van der Waals surface area contributed by atoms with Crippen molar-refractivity contribution < 1.29 is 0 Å². The second-order valence-corrected chi connectivity index (χ2v) is 5.86. The van der Waals surface area contributed by atoms with Crippen molar-refractivity contribution in [2.75, 3.05) is 19.6 Å². The molecule has 0 radical (unpaired) electrons. The van der Waals surface area contributed by atoms with Crippen molar-refractivity contribution in [2.45, 2.75) is 76.8 Å². The Labute approximate surface area is 131 Å². The Balaban J connectivity index is 0.00000162. The molecule has 19 heavy (non-hydrogen) atoms. The highest BCUT2D eigenvalue weighted by molar-refractivity contribution is 5.85. The maximum atomic E-state index is 3.67. The van der Waals surface area contributed by atoms with Crippen LogP contribution < -0.4 is 5.32 Å². The van der Waals surface area contributed by atoms with E-state index in [1.165, 1.54) is 77.4 Å². The first-order valence-corrected chi connectivity index (χ1v) is 7.87. The van der Waals surface area contributed by atoms with Crippen LogP contribution in [0, 0.1) is 0 Å². The van der Waals surface area contributed by atoms with Gasteiger partial charge in [-0.1, -0.05) is 32.6 Å². The second-order valence-electron chi connectivity index (χ2n) is 5.86. The molecule has 0 spiro atoms. The van der Waals surface area contributed by atoms with E-state index in [9.17, 15) is 0 Å². The van der Waals surface area contributed by atoms with Crippen molar-refractivity contribution in [1.82, 2.24) is 10.2 Å². The highest BCUT2D eigenvalue weighted by Gasteiger charge is 2.21. The van der Waals surface area contributed by atoms with Crippen LogP contribution in [-0.4, -0.2) is 36.6 Å². The van der Waals surface area contributed by atoms with Gasteiger partial charge in [0.15, 0.2) is 0 Å². The fraction of sp³-hybridized carbons (Fsp3) is 1.00. The molecular formula is C15H32Cl2N2. The SMILES string of the molecule is CCN(CCC1CCCCN1)C1CCCCC1.Cl.Cl. The van der Waals surface area contributed by atoms with Crippen LogP contribution in [0.4, 0.5) is 0 Å². The Morgan fingerprint density at radius 3 is 2.21 bits per heavy atom. The molecule has 2 aliphatic rings. The monoisotopic (exact) mass is 310 g/mol. The molecule has 0 bridgehead atoms. The van der Waals surface area contributed by atoms with E-state index in [1.807, 2.05) is 0 Å². The molecule has 1 atom stereocenters. The predicted octanol–water partition coefficient (Wildman–Crippen LogP) is 4.02. The first kappa shape index (κ1) is 19.5. The summed E-state index contributed by atoms with van der Waals surface area (Å²) in [5, 5.41) is 3.67. The molecule has 116 valence electrons. The highest BCUT2D eigenvalue weighted by Crippen LogP contribution is 2.23. The summed E-state index contributed by atoms with van der Waals surface area (Å²) in [6, 6.07) is 1.71. The average Bonchev–Trinajstić information content (AvgIpc) is 2.42. The third-order valence-corrected chi connectivity index (χ3v) is 4.67. The number of nitrogens with one attached hydrogen (secondary N) is 1. The van der Waals surface area contributed by atoms with E-state index in [-0.39, 0.29) is 24.8 Å². The van der Waals surface area contributed by atoms with Crippen LogP contribution in [0.15, 0.2) is 0 Å². The zero-order valence-electron chi connectivity index (χ0n) is 12.4. The highest BCUT2D eigenvalue weighted by atomic mass is 35.5. The Kier molecular flexibility index (Phi) is 11.5. The van der Waals surface area contributed by atoms with Gasteiger partial charge in [0.1, 0.15) is 0 Å². The maximum absolute atomic E-state index is 3.67. The normalized spacial score (nSPS) is 24.6. The topological polar surface area (TPSA) is 15.3 Å². The van der Waals surface area contributed by atoms with E-state index in [0.717, 1.165) is 12.1 Å². The zero-order valence-corrected chi connectivity index (χ0v) is 14.0. The Morgan fingerprint density at radius 2 is 1.63 bits per heavy atom. The number of nitrogens with zero attached hydrogens (tertiary/aromatic N) is 1. The lowest BCUT2D eigenvalue weighted by molar-refractivity contribution is 0.153. The molecule has 1 heterocycles. The summed E-state index contributed by atoms with van der Waals surface area (Å²) in [5.41, 5.74) is 0. The van der Waals surface area contributed by atoms with Gasteiger partial charge in [-0.25, -0.2) is 0 Å². The predicted molar refractivity (Wildman–Crippen MR) is 88.9 cm³/mol. The molecule has 2 nitrogen and oxygen atoms in total. The van der Waals surface area contributed by atoms with Gasteiger partial charge < -0.3 is 10.2 Å². The lowest BCUT2D eigenvalue weighted by Crippen LogP contribution is -2.41. The molecule has 4 heteroatoms. The number of hydrogen-bond acceptors (Lipinski definition) is 2. The Bertz CT molecular complexity index is 202. The van der Waals surface area contributed by atoms with Crippen LogP contribution in [0.5, 0.6) is 0 Å². The van der Waals surface area contributed by atoms with Gasteiger partial charge in [0.05, 0.1) is 0 Å². The van der Waals surface area contributed by atoms with E-state index in [4.69, 9.17) is 0 Å². The van der Waals surface area contributed by atoms with Crippen LogP contribution in [0.1, 0.15) is 64.7 Å². The first-order valence-electron chi connectivity index (χ1n) is 7.87. The molecule has 1 N–H and O–H groups in total. The van der Waals surface area contributed by atoms with Gasteiger partial charge in [0.2, 0.25) is 0 Å². The molecule has 1 aliphatic carbocycles. The third-order valence-electron chi connectivity index (χ3n) is 4.67. The number of piperidine rings is 1. The third kappa shape index (κ3) is 6.66. The van der Waals surface area contributed by atoms with E-state index in [0.29, 0.717) is 0 Å². The Hall–Kier alpha value is 0.500. The average molecular weight is 311 g/mol. The van der Waals surface area contributed by atoms with Gasteiger partial charge in [-0.2, -0.15) is 0 Å². The molecule has 0 amide bonds. The van der Waals surface area contributed by atoms with Crippen LogP contribution >= 0.6 is 24.8 Å². The fourth-order valence-electron chi connectivity index (χ4n) is 3.54. The minimum atomic E-state index is 0. The summed E-state index contributed by atoms with van der Waals surface area (Å²) >= 11 is 0. The molecule has 0 aromatic heterocycles. The fourth-order valence-corrected chi connectivity index (χ4v) is 3.54. The lowest BCUT2D eigenvalue weighted by Gasteiger charge is -2.35. The van der Waals surface area contributed by atoms with Gasteiger partial charge in [-0.3, -0.25) is 0 Å². The quantitative estimate of drug-likeness (QED) is 0.825. The molecule has 1 aliphatic heterocycles. The van der Waals surface area contributed by atoms with Crippen molar-refractivity contribution in [3.63, 3.8) is 0 Å². The molecular weight excluding hydrogens is 279 g/mol. The largest absolute Gasteiger partial charge is 0.314 e. The van der Waals surface area contributed by atoms with Crippen LogP contribution in [0.25, 0.3) is 0 Å². The maximum Gasteiger partial charge on any atom is 0.00951 e. The van der Waals surface area contributed by atoms with Gasteiger partial charge in [0, 0.05) is 12.1 Å². The Morgan fingerprint density at radius 1 is 0.947 bits per heavy atom. The summed E-state index contributed by atoms with van der Waals surface area (Å²) in [6.45, 7) is 6.15. The second kappa shape index (κ2) is 11.2. The van der Waals surface area contributed by atoms with Crippen molar-refractivity contribution in [3.05, 3.63) is 0 Å². The van der Waals surface area contributed by atoms with Crippen LogP contribution in [0.3, 0.4) is 0 Å². The lowest BCUT2D eigenvalue weighted by atomic mass is 9.93. The number of hydrogen-bond donors (Lipinski definition) is 1. The summed E-state index contributed by atoms with van der Waals surface area (Å²) < 4.78 is 0. The first-order chi connectivity index (χ1) is 8.40. The molecule has 2 fully saturated rings. The number of rotatable bonds is 5. The minimum Gasteiger partial charge on any atom is -0.314 e. The minimum absolute atomic E-state index is 0. The molecule has 0 aromatic rings. The summed E-state index contributed by atoms with van der Waals surface area (Å²) in [5.74, 6) is 0. The van der Waals surface area contributed by atoms with Crippen LogP contribution in [0.2, 0.25) is 0 Å². The van der Waals surface area contributed by atoms with Crippen LogP contribution in [-0.2, 0) is 0 Å².